The van der Waals surface area contributed by atoms with Crippen molar-refractivity contribution in [2.24, 2.45) is 28.6 Å². The number of hydrogen-bond acceptors (Lipinski definition) is 7. The zero-order valence-corrected chi connectivity index (χ0v) is 19.1. The number of hydrogen-bond donors (Lipinski definition) is 2. The molecule has 7 heteroatoms. The van der Waals surface area contributed by atoms with E-state index in [9.17, 15) is 24.6 Å². The molecule has 4 rings (SSSR count). The van der Waals surface area contributed by atoms with Crippen LogP contribution in [0.3, 0.4) is 0 Å². The van der Waals surface area contributed by atoms with Crippen LogP contribution in [-0.4, -0.2) is 52.9 Å². The van der Waals surface area contributed by atoms with Gasteiger partial charge in [0.1, 0.15) is 6.61 Å². The van der Waals surface area contributed by atoms with Crippen LogP contribution in [0.2, 0.25) is 0 Å². The summed E-state index contributed by atoms with van der Waals surface area (Å²) in [5, 5.41) is 21.2. The van der Waals surface area contributed by atoms with Gasteiger partial charge in [0.15, 0.2) is 11.4 Å². The number of aliphatic hydroxyl groups is 2. The van der Waals surface area contributed by atoms with Crippen molar-refractivity contribution in [3.05, 3.63) is 23.8 Å². The Labute approximate surface area is 188 Å². The van der Waals surface area contributed by atoms with Gasteiger partial charge in [-0.25, -0.2) is 4.79 Å². The molecule has 3 fully saturated rings. The molecule has 0 aromatic carbocycles. The Morgan fingerprint density at radius 3 is 2.69 bits per heavy atom. The largest absolute Gasteiger partial charge is 0.509 e. The first-order valence-electron chi connectivity index (χ1n) is 11.7. The number of carbonyl (C=O) groups excluding carboxylic acids is 3. The van der Waals surface area contributed by atoms with E-state index in [2.05, 4.69) is 6.92 Å². The van der Waals surface area contributed by atoms with E-state index in [4.69, 9.17) is 9.47 Å². The molecular formula is C25H34O7. The summed E-state index contributed by atoms with van der Waals surface area (Å²) in [4.78, 5) is 37.5. The van der Waals surface area contributed by atoms with Gasteiger partial charge >= 0.3 is 6.16 Å². The molecule has 0 heterocycles. The van der Waals surface area contributed by atoms with Crippen LogP contribution in [0.5, 0.6) is 0 Å². The Bertz CT molecular complexity index is 876. The van der Waals surface area contributed by atoms with Gasteiger partial charge in [-0.2, -0.15) is 0 Å². The van der Waals surface area contributed by atoms with Crippen molar-refractivity contribution in [3.8, 4) is 0 Å². The number of aliphatic hydroxyl groups excluding tert-OH is 2. The number of Topliss-reactive ketones (excluding diaryl/α,β-unsaturated/α-hetero) is 1. The minimum Gasteiger partial charge on any atom is -0.434 e. The van der Waals surface area contributed by atoms with Crippen LogP contribution in [-0.2, 0) is 19.1 Å². The first-order valence-corrected chi connectivity index (χ1v) is 11.7. The second-order valence-corrected chi connectivity index (χ2v) is 10.4. The minimum atomic E-state index is -1.52. The predicted octanol–water partition coefficient (Wildman–Crippen LogP) is 3.13. The third-order valence-electron chi connectivity index (χ3n) is 8.89. The van der Waals surface area contributed by atoms with E-state index in [-0.39, 0.29) is 36.6 Å². The van der Waals surface area contributed by atoms with Crippen molar-refractivity contribution in [1.29, 1.82) is 0 Å². The summed E-state index contributed by atoms with van der Waals surface area (Å²) < 4.78 is 10.9. The van der Waals surface area contributed by atoms with Gasteiger partial charge in [-0.1, -0.05) is 32.4 Å². The van der Waals surface area contributed by atoms with E-state index < -0.39 is 41.1 Å². The van der Waals surface area contributed by atoms with Crippen LogP contribution >= 0.6 is 0 Å². The van der Waals surface area contributed by atoms with Crippen LogP contribution in [0, 0.1) is 28.6 Å². The smallest absolute Gasteiger partial charge is 0.434 e. The Morgan fingerprint density at radius 2 is 2.00 bits per heavy atom. The summed E-state index contributed by atoms with van der Waals surface area (Å²) in [5.74, 6) is -0.495. The van der Waals surface area contributed by atoms with Crippen LogP contribution < -0.4 is 0 Å². The van der Waals surface area contributed by atoms with Crippen molar-refractivity contribution in [1.82, 2.24) is 0 Å². The lowest BCUT2D eigenvalue weighted by atomic mass is 9.46. The highest BCUT2D eigenvalue weighted by Gasteiger charge is 2.70. The highest BCUT2D eigenvalue weighted by Crippen LogP contribution is 2.67. The summed E-state index contributed by atoms with van der Waals surface area (Å²) >= 11 is 0. The van der Waals surface area contributed by atoms with E-state index in [1.807, 2.05) is 19.9 Å². The van der Waals surface area contributed by atoms with Crippen molar-refractivity contribution >= 4 is 17.7 Å². The van der Waals surface area contributed by atoms with Gasteiger partial charge in [-0.15, -0.1) is 0 Å². The normalized spacial score (nSPS) is 42.4. The van der Waals surface area contributed by atoms with Gasteiger partial charge in [0.25, 0.3) is 0 Å². The standard InChI is InChI=1S/C25H34O7/c1-4-11-31-22(30)32-25(20(29)14-26)10-8-18-17-6-5-15-12-16(27)7-9-23(15,2)21(17)19(28)13-24(18,25)3/h7,9,12,17-19,21,26,28H,4-6,8,10-11,13-14H2,1-3H3/t17-,18-,19?,21+,23-,24-,25-/m0/s1. The lowest BCUT2D eigenvalue weighted by Gasteiger charge is -2.59. The molecule has 7 nitrogen and oxygen atoms in total. The van der Waals surface area contributed by atoms with Crippen molar-refractivity contribution in [3.63, 3.8) is 0 Å². The monoisotopic (exact) mass is 446 g/mol. The van der Waals surface area contributed by atoms with Gasteiger partial charge in [-0.3, -0.25) is 9.59 Å². The van der Waals surface area contributed by atoms with E-state index >= 15 is 0 Å². The summed E-state index contributed by atoms with van der Waals surface area (Å²) in [7, 11) is 0. The summed E-state index contributed by atoms with van der Waals surface area (Å²) in [6.45, 7) is 5.33. The van der Waals surface area contributed by atoms with E-state index in [1.54, 1.807) is 12.2 Å². The van der Waals surface area contributed by atoms with Gasteiger partial charge in [-0.05, 0) is 62.5 Å². The lowest BCUT2D eigenvalue weighted by Crippen LogP contribution is -2.63. The molecule has 0 aromatic rings. The first-order chi connectivity index (χ1) is 15.1. The molecular weight excluding hydrogens is 412 g/mol. The second kappa shape index (κ2) is 8.10. The van der Waals surface area contributed by atoms with Gasteiger partial charge < -0.3 is 19.7 Å². The maximum absolute atomic E-state index is 13.1. The lowest BCUT2D eigenvalue weighted by molar-refractivity contribution is -0.183. The Morgan fingerprint density at radius 1 is 1.25 bits per heavy atom. The minimum absolute atomic E-state index is 0.0153. The van der Waals surface area contributed by atoms with Gasteiger partial charge in [0.2, 0.25) is 5.78 Å². The second-order valence-electron chi connectivity index (χ2n) is 10.4. The molecule has 0 spiro atoms. The third kappa shape index (κ3) is 3.19. The number of carbonyl (C=O) groups is 3. The molecule has 0 aromatic heterocycles. The fourth-order valence-electron chi connectivity index (χ4n) is 7.48. The number of fused-ring (bicyclic) bond motifs is 5. The average Bonchev–Trinajstić information content (AvgIpc) is 3.04. The van der Waals surface area contributed by atoms with Crippen molar-refractivity contribution in [2.45, 2.75) is 71.0 Å². The van der Waals surface area contributed by atoms with Gasteiger partial charge in [0.05, 0.1) is 12.7 Å². The fraction of sp³-hybridized carbons (Fsp3) is 0.720. The van der Waals surface area contributed by atoms with E-state index in [1.165, 1.54) is 0 Å². The van der Waals surface area contributed by atoms with E-state index in [0.29, 0.717) is 19.3 Å². The van der Waals surface area contributed by atoms with Gasteiger partial charge in [0, 0.05) is 16.7 Å². The number of ether oxygens (including phenoxy) is 2. The SMILES string of the molecule is CCCOC(=O)O[C@]1(C(=O)CO)CC[C@H]2[C@@H]3CCC4=CC(=O)C=C[C@]4(C)[C@H]3C(O)C[C@@]21C. The molecule has 0 amide bonds. The van der Waals surface area contributed by atoms with E-state index in [0.717, 1.165) is 18.4 Å². The number of ketones is 2. The van der Waals surface area contributed by atoms with Crippen LogP contribution in [0.1, 0.15) is 59.3 Å². The Balaban J connectivity index is 1.70. The van der Waals surface area contributed by atoms with Crippen molar-refractivity contribution in [2.75, 3.05) is 13.2 Å². The summed E-state index contributed by atoms with van der Waals surface area (Å²) in [6.07, 6.45) is 7.01. The number of allylic oxidation sites excluding steroid dienone is 4. The first kappa shape index (κ1) is 23.2. The zero-order valence-electron chi connectivity index (χ0n) is 19.1. The zero-order chi connectivity index (χ0) is 23.3. The van der Waals surface area contributed by atoms with Crippen LogP contribution in [0.25, 0.3) is 0 Å². The Hall–Kier alpha value is -1.99. The molecule has 32 heavy (non-hydrogen) atoms. The molecule has 0 radical (unpaired) electrons. The molecule has 3 saturated carbocycles. The van der Waals surface area contributed by atoms with Crippen LogP contribution in [0.4, 0.5) is 4.79 Å². The number of rotatable bonds is 5. The van der Waals surface area contributed by atoms with Crippen LogP contribution in [0.15, 0.2) is 23.8 Å². The molecule has 4 aliphatic carbocycles. The maximum atomic E-state index is 13.1. The molecule has 0 aliphatic heterocycles. The highest BCUT2D eigenvalue weighted by atomic mass is 16.7. The Kier molecular flexibility index (Phi) is 5.87. The quantitative estimate of drug-likeness (QED) is 0.624. The molecule has 176 valence electrons. The maximum Gasteiger partial charge on any atom is 0.509 e. The average molecular weight is 447 g/mol. The third-order valence-corrected chi connectivity index (χ3v) is 8.89. The molecule has 0 bridgehead atoms. The predicted molar refractivity (Wildman–Crippen MR) is 116 cm³/mol. The van der Waals surface area contributed by atoms with Crippen molar-refractivity contribution < 1.29 is 34.1 Å². The topological polar surface area (TPSA) is 110 Å². The molecule has 2 N–H and O–H groups in total. The molecule has 7 atom stereocenters. The fourth-order valence-corrected chi connectivity index (χ4v) is 7.48. The molecule has 0 saturated heterocycles. The molecule has 4 aliphatic rings. The summed E-state index contributed by atoms with van der Waals surface area (Å²) in [5.41, 5.74) is -1.68. The molecule has 1 unspecified atom stereocenters. The summed E-state index contributed by atoms with van der Waals surface area (Å²) in [6, 6.07) is 0. The highest BCUT2D eigenvalue weighted by molar-refractivity contribution is 6.01.